The highest BCUT2D eigenvalue weighted by Gasteiger charge is 2.19. The number of rotatable bonds is 4. The van der Waals surface area contributed by atoms with Crippen molar-refractivity contribution < 1.29 is 27.8 Å². The monoisotopic (exact) mass is 388 g/mol. The van der Waals surface area contributed by atoms with Gasteiger partial charge in [0.25, 0.3) is 21.7 Å². The van der Waals surface area contributed by atoms with Crippen molar-refractivity contribution in [2.45, 2.75) is 4.90 Å². The molecule has 1 amide bonds. The van der Waals surface area contributed by atoms with Gasteiger partial charge in [-0.15, -0.1) is 0 Å². The molecule has 3 aromatic carbocycles. The third-order valence-electron chi connectivity index (χ3n) is 3.84. The number of benzene rings is 3. The molecular formula is C17H12N2O7S. The molecule has 0 spiro atoms. The van der Waals surface area contributed by atoms with Crippen molar-refractivity contribution in [3.05, 3.63) is 70.3 Å². The maximum Gasteiger partial charge on any atom is 0.295 e. The molecule has 138 valence electrons. The van der Waals surface area contributed by atoms with Crippen molar-refractivity contribution in [3.63, 3.8) is 0 Å². The number of nitro groups is 1. The van der Waals surface area contributed by atoms with Crippen LogP contribution >= 0.6 is 0 Å². The number of phenolic OH excluding ortho intramolecular Hbond substituents is 1. The molecule has 9 nitrogen and oxygen atoms in total. The van der Waals surface area contributed by atoms with E-state index in [1.807, 2.05) is 0 Å². The molecular weight excluding hydrogens is 376 g/mol. The number of amides is 1. The molecule has 0 aliphatic heterocycles. The van der Waals surface area contributed by atoms with E-state index in [1.54, 1.807) is 0 Å². The van der Waals surface area contributed by atoms with Gasteiger partial charge in [-0.05, 0) is 24.3 Å². The van der Waals surface area contributed by atoms with Gasteiger partial charge >= 0.3 is 0 Å². The van der Waals surface area contributed by atoms with E-state index in [2.05, 4.69) is 5.32 Å². The average molecular weight is 388 g/mol. The SMILES string of the molecule is O=C(Nc1c(O)ccc2c(S(=O)(=O)O)cccc12)c1cccc([N+](=O)[O-])c1. The Morgan fingerprint density at radius 3 is 2.41 bits per heavy atom. The zero-order valence-corrected chi connectivity index (χ0v) is 14.3. The number of nitro benzene ring substituents is 1. The van der Waals surface area contributed by atoms with E-state index < -0.39 is 20.9 Å². The van der Waals surface area contributed by atoms with Gasteiger partial charge in [0.1, 0.15) is 10.6 Å². The molecule has 3 rings (SSSR count). The van der Waals surface area contributed by atoms with E-state index >= 15 is 0 Å². The molecule has 0 bridgehead atoms. The fraction of sp³-hybridized carbons (Fsp3) is 0. The van der Waals surface area contributed by atoms with Crippen molar-refractivity contribution >= 4 is 38.2 Å². The van der Waals surface area contributed by atoms with E-state index in [4.69, 9.17) is 0 Å². The predicted octanol–water partition coefficient (Wildman–Crippen LogP) is 2.95. The van der Waals surface area contributed by atoms with Crippen molar-refractivity contribution in [1.29, 1.82) is 0 Å². The van der Waals surface area contributed by atoms with Gasteiger partial charge in [0, 0.05) is 28.5 Å². The number of aromatic hydroxyl groups is 1. The van der Waals surface area contributed by atoms with Crippen LogP contribution in [0, 0.1) is 10.1 Å². The molecule has 0 radical (unpaired) electrons. The Kier molecular flexibility index (Phi) is 4.52. The normalized spacial score (nSPS) is 11.3. The second-order valence-corrected chi connectivity index (χ2v) is 6.94. The summed E-state index contributed by atoms with van der Waals surface area (Å²) in [5.74, 6) is -1.08. The van der Waals surface area contributed by atoms with Gasteiger partial charge in [0.05, 0.1) is 10.6 Å². The van der Waals surface area contributed by atoms with Crippen molar-refractivity contribution in [2.24, 2.45) is 0 Å². The third kappa shape index (κ3) is 3.57. The quantitative estimate of drug-likeness (QED) is 0.269. The fourth-order valence-electron chi connectivity index (χ4n) is 2.62. The van der Waals surface area contributed by atoms with E-state index in [9.17, 15) is 33.0 Å². The number of hydrogen-bond donors (Lipinski definition) is 3. The van der Waals surface area contributed by atoms with Crippen LogP contribution < -0.4 is 5.32 Å². The van der Waals surface area contributed by atoms with Crippen molar-refractivity contribution in [3.8, 4) is 5.75 Å². The van der Waals surface area contributed by atoms with E-state index in [-0.39, 0.29) is 38.4 Å². The number of nitrogens with one attached hydrogen (secondary N) is 1. The number of nitrogens with zero attached hydrogens (tertiary/aromatic N) is 1. The van der Waals surface area contributed by atoms with E-state index in [0.717, 1.165) is 6.07 Å². The Bertz CT molecular complexity index is 1190. The first-order valence-electron chi connectivity index (χ1n) is 7.46. The average Bonchev–Trinajstić information content (AvgIpc) is 2.62. The lowest BCUT2D eigenvalue weighted by Crippen LogP contribution is -2.13. The molecule has 0 fully saturated rings. The van der Waals surface area contributed by atoms with Gasteiger partial charge in [-0.1, -0.05) is 18.2 Å². The van der Waals surface area contributed by atoms with Crippen molar-refractivity contribution in [1.82, 2.24) is 0 Å². The maximum absolute atomic E-state index is 12.5. The zero-order chi connectivity index (χ0) is 19.8. The van der Waals surface area contributed by atoms with Crippen LogP contribution in [0.25, 0.3) is 10.8 Å². The van der Waals surface area contributed by atoms with Gasteiger partial charge in [0.2, 0.25) is 0 Å². The predicted molar refractivity (Wildman–Crippen MR) is 96.5 cm³/mol. The number of hydrogen-bond acceptors (Lipinski definition) is 6. The molecule has 10 heteroatoms. The Morgan fingerprint density at radius 1 is 1.04 bits per heavy atom. The lowest BCUT2D eigenvalue weighted by Gasteiger charge is -2.12. The standard InChI is InChI=1S/C17H12N2O7S/c20-14-8-7-12-13(5-2-6-15(12)27(24,25)26)16(14)18-17(21)10-3-1-4-11(9-10)19(22)23/h1-9,20H,(H,18,21)(H,24,25,26). The van der Waals surface area contributed by atoms with E-state index in [1.165, 1.54) is 48.5 Å². The second-order valence-electron chi connectivity index (χ2n) is 5.55. The molecule has 0 atom stereocenters. The minimum absolute atomic E-state index is 0.0217. The number of phenols is 1. The lowest BCUT2D eigenvalue weighted by molar-refractivity contribution is -0.384. The van der Waals surface area contributed by atoms with Crippen LogP contribution in [-0.2, 0) is 10.1 Å². The molecule has 3 N–H and O–H groups in total. The third-order valence-corrected chi connectivity index (χ3v) is 4.75. The molecule has 0 heterocycles. The van der Waals surface area contributed by atoms with Gasteiger partial charge in [-0.25, -0.2) is 0 Å². The van der Waals surface area contributed by atoms with Crippen molar-refractivity contribution in [2.75, 3.05) is 5.32 Å². The Balaban J connectivity index is 2.10. The van der Waals surface area contributed by atoms with Crippen LogP contribution in [0.2, 0.25) is 0 Å². The summed E-state index contributed by atoms with van der Waals surface area (Å²) in [6.45, 7) is 0. The van der Waals surface area contributed by atoms with Crippen LogP contribution in [0.4, 0.5) is 11.4 Å². The highest BCUT2D eigenvalue weighted by atomic mass is 32.2. The topological polar surface area (TPSA) is 147 Å². The van der Waals surface area contributed by atoms with Crippen LogP contribution in [0.15, 0.2) is 59.5 Å². The molecule has 0 unspecified atom stereocenters. The summed E-state index contributed by atoms with van der Waals surface area (Å²) in [4.78, 5) is 22.3. The summed E-state index contributed by atoms with van der Waals surface area (Å²) < 4.78 is 32.4. The first kappa shape index (κ1) is 18.3. The minimum atomic E-state index is -4.52. The highest BCUT2D eigenvalue weighted by Crippen LogP contribution is 2.35. The summed E-state index contributed by atoms with van der Waals surface area (Å²) in [5, 5.41) is 23.6. The molecule has 0 aromatic heterocycles. The number of carbonyl (C=O) groups excluding carboxylic acids is 1. The first-order chi connectivity index (χ1) is 12.7. The highest BCUT2D eigenvalue weighted by molar-refractivity contribution is 7.86. The number of anilines is 1. The summed E-state index contributed by atoms with van der Waals surface area (Å²) in [7, 11) is -4.52. The summed E-state index contributed by atoms with van der Waals surface area (Å²) >= 11 is 0. The van der Waals surface area contributed by atoms with Gasteiger partial charge < -0.3 is 10.4 Å². The molecule has 27 heavy (non-hydrogen) atoms. The Morgan fingerprint density at radius 2 is 1.74 bits per heavy atom. The van der Waals surface area contributed by atoms with Gasteiger partial charge in [-0.2, -0.15) is 8.42 Å². The Labute approximate surface area is 152 Å². The summed E-state index contributed by atoms with van der Waals surface area (Å²) in [6.07, 6.45) is 0. The first-order valence-corrected chi connectivity index (χ1v) is 8.90. The summed E-state index contributed by atoms with van der Waals surface area (Å²) in [5.41, 5.74) is -0.389. The van der Waals surface area contributed by atoms with Crippen LogP contribution in [0.5, 0.6) is 5.75 Å². The largest absolute Gasteiger partial charge is 0.506 e. The van der Waals surface area contributed by atoms with Crippen LogP contribution in [-0.4, -0.2) is 28.9 Å². The minimum Gasteiger partial charge on any atom is -0.506 e. The molecule has 3 aromatic rings. The van der Waals surface area contributed by atoms with Gasteiger partial charge in [-0.3, -0.25) is 19.5 Å². The van der Waals surface area contributed by atoms with Crippen LogP contribution in [0.1, 0.15) is 10.4 Å². The molecule has 0 saturated heterocycles. The fourth-order valence-corrected chi connectivity index (χ4v) is 3.33. The smallest absolute Gasteiger partial charge is 0.295 e. The van der Waals surface area contributed by atoms with E-state index in [0.29, 0.717) is 0 Å². The Hall–Kier alpha value is -3.50. The number of non-ortho nitro benzene ring substituents is 1. The summed E-state index contributed by atoms with van der Waals surface area (Å²) in [6, 6.07) is 11.4. The van der Waals surface area contributed by atoms with Gasteiger partial charge in [0.15, 0.2) is 0 Å². The number of fused-ring (bicyclic) bond motifs is 1. The second kappa shape index (κ2) is 6.67. The maximum atomic E-state index is 12.5. The molecule has 0 aliphatic carbocycles. The number of carbonyl (C=O) groups is 1. The van der Waals surface area contributed by atoms with Crippen LogP contribution in [0.3, 0.4) is 0 Å². The molecule has 0 saturated carbocycles. The lowest BCUT2D eigenvalue weighted by atomic mass is 10.1. The zero-order valence-electron chi connectivity index (χ0n) is 13.5. The molecule has 0 aliphatic rings.